The Bertz CT molecular complexity index is 1350. The summed E-state index contributed by atoms with van der Waals surface area (Å²) in [4.78, 5) is 31.4. The Morgan fingerprint density at radius 3 is 2.17 bits per heavy atom. The third-order valence-electron chi connectivity index (χ3n) is 6.55. The predicted molar refractivity (Wildman–Crippen MR) is 138 cm³/mol. The molecule has 3 rings (SSSR count). The van der Waals surface area contributed by atoms with E-state index in [1.807, 2.05) is 6.92 Å². The fourth-order valence-electron chi connectivity index (χ4n) is 3.79. The number of anilines is 1. The second-order valence-electron chi connectivity index (χ2n) is 9.74. The van der Waals surface area contributed by atoms with Crippen LogP contribution in [0.5, 0.6) is 5.75 Å². The van der Waals surface area contributed by atoms with Crippen LogP contribution < -0.4 is 15.4 Å². The van der Waals surface area contributed by atoms with E-state index in [4.69, 9.17) is 10.5 Å². The summed E-state index contributed by atoms with van der Waals surface area (Å²) in [5, 5.41) is 0. The minimum Gasteiger partial charge on any atom is -0.409 e. The first-order valence-electron chi connectivity index (χ1n) is 12.2. The van der Waals surface area contributed by atoms with Crippen LogP contribution in [0.4, 0.5) is 41.2 Å². The average molecular weight is 589 g/mol. The number of alkyl halides is 6. The van der Waals surface area contributed by atoms with Gasteiger partial charge in [0, 0.05) is 55.3 Å². The van der Waals surface area contributed by atoms with Gasteiger partial charge in [-0.1, -0.05) is 6.92 Å². The van der Waals surface area contributed by atoms with Crippen molar-refractivity contribution in [2.45, 2.75) is 32.1 Å². The van der Waals surface area contributed by atoms with Crippen LogP contribution in [0.15, 0.2) is 47.6 Å². The molecule has 0 unspecified atom stereocenters. The summed E-state index contributed by atoms with van der Waals surface area (Å²) in [5.74, 6) is -1.98. The largest absolute Gasteiger partial charge is 0.420 e. The molecule has 2 N–H and O–H groups in total. The van der Waals surface area contributed by atoms with Crippen molar-refractivity contribution in [2.75, 3.05) is 32.1 Å². The number of halogens is 7. The number of benzene rings is 2. The molecular formula is C27H27F7N4O3. The number of hydrogen-bond acceptors (Lipinski definition) is 5. The highest BCUT2D eigenvalue weighted by Crippen LogP contribution is 2.46. The highest BCUT2D eigenvalue weighted by molar-refractivity contribution is 6.11. The van der Waals surface area contributed by atoms with E-state index in [0.29, 0.717) is 6.07 Å². The lowest BCUT2D eigenvalue weighted by Crippen LogP contribution is -2.34. The zero-order valence-electron chi connectivity index (χ0n) is 22.2. The second-order valence-corrected chi connectivity index (χ2v) is 9.74. The Morgan fingerprint density at radius 2 is 1.66 bits per heavy atom. The van der Waals surface area contributed by atoms with Crippen LogP contribution in [-0.2, 0) is 17.1 Å². The van der Waals surface area contributed by atoms with Gasteiger partial charge in [-0.2, -0.15) is 26.3 Å². The first-order chi connectivity index (χ1) is 19.0. The number of aliphatic imine (C=N–C) groups is 1. The summed E-state index contributed by atoms with van der Waals surface area (Å²) < 4.78 is 101. The number of ether oxygens (including phenoxy) is 1. The predicted octanol–water partition coefficient (Wildman–Crippen LogP) is 6.13. The number of allylic oxidation sites excluding steroid dienone is 1. The van der Waals surface area contributed by atoms with Crippen molar-refractivity contribution in [2.24, 2.45) is 16.1 Å². The molecule has 1 aliphatic carbocycles. The Kier molecular flexibility index (Phi) is 9.04. The summed E-state index contributed by atoms with van der Waals surface area (Å²) in [6, 6.07) is 4.48. The first kappa shape index (κ1) is 31.4. The maximum Gasteiger partial charge on any atom is 0.420 e. The number of carbonyl (C=O) groups excluding carboxylic acids is 2. The molecule has 2 amide bonds. The molecule has 0 saturated heterocycles. The number of carbonyl (C=O) groups is 2. The average Bonchev–Trinajstić information content (AvgIpc) is 3.65. The molecule has 1 fully saturated rings. The standard InChI is InChI=1S/C27H27F7N4O3/c1-25(8-9-25)23(39)37(2)11-10-36-15-16(14-35)20-12-17(26(29,30)31)13-21(27(32,33)34)22(20)41-24(40)38(3)19-6-4-18(28)5-7-19/h4-7,12-15H,8-11,35H2,1-3H3. The molecule has 41 heavy (non-hydrogen) atoms. The summed E-state index contributed by atoms with van der Waals surface area (Å²) in [5.41, 5.74) is 0.431. The van der Waals surface area contributed by atoms with Crippen molar-refractivity contribution in [3.8, 4) is 5.75 Å². The second kappa shape index (κ2) is 11.8. The number of nitrogens with zero attached hydrogens (tertiary/aromatic N) is 3. The van der Waals surface area contributed by atoms with E-state index in [9.17, 15) is 40.3 Å². The van der Waals surface area contributed by atoms with Crippen LogP contribution in [0.3, 0.4) is 0 Å². The van der Waals surface area contributed by atoms with Crippen LogP contribution in [0.25, 0.3) is 5.57 Å². The number of rotatable bonds is 8. The van der Waals surface area contributed by atoms with Crippen molar-refractivity contribution in [3.05, 3.63) is 65.1 Å². The van der Waals surface area contributed by atoms with Gasteiger partial charge in [-0.3, -0.25) is 14.7 Å². The SMILES string of the molecule is CN(CCN=CC(=CN)c1cc(C(F)(F)F)cc(C(F)(F)F)c1OC(=O)N(C)c1ccc(F)cc1)C(=O)C1(C)CC1. The van der Waals surface area contributed by atoms with E-state index in [1.54, 1.807) is 7.05 Å². The van der Waals surface area contributed by atoms with Gasteiger partial charge >= 0.3 is 18.4 Å². The molecule has 7 nitrogen and oxygen atoms in total. The molecule has 0 spiro atoms. The van der Waals surface area contributed by atoms with Crippen LogP contribution in [0, 0.1) is 11.2 Å². The van der Waals surface area contributed by atoms with Gasteiger partial charge in [-0.05, 0) is 49.2 Å². The van der Waals surface area contributed by atoms with Crippen molar-refractivity contribution in [1.29, 1.82) is 0 Å². The number of likely N-dealkylation sites (N-methyl/N-ethyl adjacent to an activating group) is 1. The van der Waals surface area contributed by atoms with E-state index >= 15 is 0 Å². The maximum absolute atomic E-state index is 14.0. The summed E-state index contributed by atoms with van der Waals surface area (Å²) in [7, 11) is 2.67. The summed E-state index contributed by atoms with van der Waals surface area (Å²) in [6.45, 7) is 1.90. The fraction of sp³-hybridized carbons (Fsp3) is 0.370. The van der Waals surface area contributed by atoms with Gasteiger partial charge in [-0.15, -0.1) is 0 Å². The maximum atomic E-state index is 14.0. The third kappa shape index (κ3) is 7.55. The smallest absolute Gasteiger partial charge is 0.409 e. The molecule has 2 aromatic carbocycles. The molecule has 1 saturated carbocycles. The van der Waals surface area contributed by atoms with E-state index in [1.165, 1.54) is 4.90 Å². The topological polar surface area (TPSA) is 88.2 Å². The number of hydrogen-bond donors (Lipinski definition) is 1. The van der Waals surface area contributed by atoms with Crippen LogP contribution >= 0.6 is 0 Å². The third-order valence-corrected chi connectivity index (χ3v) is 6.55. The summed E-state index contributed by atoms with van der Waals surface area (Å²) in [6.07, 6.45) is -8.82. The zero-order chi connectivity index (χ0) is 30.8. The van der Waals surface area contributed by atoms with Gasteiger partial charge in [0.1, 0.15) is 5.82 Å². The highest BCUT2D eigenvalue weighted by atomic mass is 19.4. The van der Waals surface area contributed by atoms with Crippen molar-refractivity contribution >= 4 is 29.5 Å². The van der Waals surface area contributed by atoms with Gasteiger partial charge in [0.2, 0.25) is 5.91 Å². The molecule has 0 aromatic heterocycles. The Labute approximate surface area is 231 Å². The highest BCUT2D eigenvalue weighted by Gasteiger charge is 2.46. The van der Waals surface area contributed by atoms with Gasteiger partial charge < -0.3 is 15.4 Å². The van der Waals surface area contributed by atoms with Crippen LogP contribution in [0.1, 0.15) is 36.5 Å². The molecule has 0 bridgehead atoms. The van der Waals surface area contributed by atoms with Crippen LogP contribution in [0.2, 0.25) is 0 Å². The van der Waals surface area contributed by atoms with E-state index < -0.39 is 57.7 Å². The minimum absolute atomic E-state index is 0.0355. The van der Waals surface area contributed by atoms with Crippen LogP contribution in [-0.4, -0.2) is 50.3 Å². The summed E-state index contributed by atoms with van der Waals surface area (Å²) >= 11 is 0. The normalized spacial score (nSPS) is 15.1. The molecular weight excluding hydrogens is 561 g/mol. The van der Waals surface area contributed by atoms with Gasteiger partial charge in [0.05, 0.1) is 17.7 Å². The lowest BCUT2D eigenvalue weighted by molar-refractivity contribution is -0.143. The minimum atomic E-state index is -5.38. The monoisotopic (exact) mass is 588 g/mol. The Morgan fingerprint density at radius 1 is 1.05 bits per heavy atom. The molecule has 0 radical (unpaired) electrons. The van der Waals surface area contributed by atoms with Crippen molar-refractivity contribution < 1.29 is 45.1 Å². The lowest BCUT2D eigenvalue weighted by Gasteiger charge is -2.22. The molecule has 2 aromatic rings. The van der Waals surface area contributed by atoms with Gasteiger partial charge in [0.25, 0.3) is 0 Å². The molecule has 0 aliphatic heterocycles. The fourth-order valence-corrected chi connectivity index (χ4v) is 3.79. The lowest BCUT2D eigenvalue weighted by atomic mass is 9.98. The Hall–Kier alpha value is -4.10. The van der Waals surface area contributed by atoms with E-state index in [-0.39, 0.29) is 30.8 Å². The molecule has 14 heteroatoms. The van der Waals surface area contributed by atoms with Crippen molar-refractivity contribution in [3.63, 3.8) is 0 Å². The molecule has 0 atom stereocenters. The van der Waals surface area contributed by atoms with Gasteiger partial charge in [0.15, 0.2) is 5.75 Å². The molecule has 1 aliphatic rings. The number of nitrogens with two attached hydrogens (primary N) is 1. The quantitative estimate of drug-likeness (QED) is 0.297. The Balaban J connectivity index is 1.99. The van der Waals surface area contributed by atoms with Gasteiger partial charge in [-0.25, -0.2) is 9.18 Å². The van der Waals surface area contributed by atoms with E-state index in [0.717, 1.165) is 61.5 Å². The molecule has 222 valence electrons. The zero-order valence-corrected chi connectivity index (χ0v) is 22.2. The first-order valence-corrected chi connectivity index (χ1v) is 12.2. The van der Waals surface area contributed by atoms with E-state index in [2.05, 4.69) is 4.99 Å². The number of amides is 2. The molecule has 0 heterocycles. The van der Waals surface area contributed by atoms with Crippen molar-refractivity contribution in [1.82, 2.24) is 4.90 Å².